The zero-order valence-corrected chi connectivity index (χ0v) is 9.01. The number of benzene rings is 1. The molecule has 64 valence electrons. The van der Waals surface area contributed by atoms with Crippen LogP contribution in [0.4, 0.5) is 0 Å². The third-order valence-electron chi connectivity index (χ3n) is 1.35. The second kappa shape index (κ2) is 4.43. The van der Waals surface area contributed by atoms with Crippen LogP contribution in [-0.4, -0.2) is 0 Å². The number of halogens is 3. The van der Waals surface area contributed by atoms with Gasteiger partial charge in [-0.3, -0.25) is 4.57 Å². The molecule has 0 saturated heterocycles. The van der Waals surface area contributed by atoms with E-state index >= 15 is 0 Å². The number of rotatable bonds is 2. The zero-order chi connectivity index (χ0) is 9.14. The Hall–Kier alpha value is 0.190. The summed E-state index contributed by atoms with van der Waals surface area (Å²) in [5.41, 5.74) is 0.739. The molecule has 0 aliphatic heterocycles. The van der Waals surface area contributed by atoms with Crippen LogP contribution in [0.2, 0.25) is 15.1 Å². The Balaban J connectivity index is 3.16. The molecule has 0 radical (unpaired) electrons. The van der Waals surface area contributed by atoms with Gasteiger partial charge in [0.1, 0.15) is 0 Å². The van der Waals surface area contributed by atoms with Crippen molar-refractivity contribution in [3.8, 4) is 0 Å². The summed E-state index contributed by atoms with van der Waals surface area (Å²) >= 11 is 17.3. The molecule has 0 amide bonds. The highest BCUT2D eigenvalue weighted by molar-refractivity contribution is 7.22. The van der Waals surface area contributed by atoms with Gasteiger partial charge in [-0.25, -0.2) is 0 Å². The van der Waals surface area contributed by atoms with Crippen LogP contribution < -0.4 is 0 Å². The van der Waals surface area contributed by atoms with Crippen LogP contribution in [0.1, 0.15) is 5.56 Å². The summed E-state index contributed by atoms with van der Waals surface area (Å²) in [6.07, 6.45) is 0.357. The average Bonchev–Trinajstić information content (AvgIpc) is 2.07. The topological polar surface area (TPSA) is 17.1 Å². The van der Waals surface area contributed by atoms with Crippen molar-refractivity contribution < 1.29 is 4.57 Å². The van der Waals surface area contributed by atoms with Crippen molar-refractivity contribution in [2.24, 2.45) is 0 Å². The summed E-state index contributed by atoms with van der Waals surface area (Å²) in [6, 6.07) is 3.34. The van der Waals surface area contributed by atoms with E-state index in [1.807, 2.05) is 0 Å². The largest absolute Gasteiger partial charge is 0.275 e. The predicted octanol–water partition coefficient (Wildman–Crippen LogP) is 4.44. The van der Waals surface area contributed by atoms with Gasteiger partial charge in [-0.15, -0.1) is 0 Å². The summed E-state index contributed by atoms with van der Waals surface area (Å²) in [7, 11) is 0.0179. The van der Waals surface area contributed by atoms with Crippen LogP contribution in [0.25, 0.3) is 0 Å². The SMILES string of the molecule is O=PCc1ccc(Cl)c(Cl)c1Cl. The van der Waals surface area contributed by atoms with E-state index in [2.05, 4.69) is 0 Å². The zero-order valence-electron chi connectivity index (χ0n) is 5.85. The highest BCUT2D eigenvalue weighted by Crippen LogP contribution is 2.33. The van der Waals surface area contributed by atoms with E-state index in [1.54, 1.807) is 12.1 Å². The molecule has 5 heteroatoms. The molecule has 0 N–H and O–H groups in total. The second-order valence-electron chi connectivity index (χ2n) is 2.12. The molecular weight excluding hydrogens is 237 g/mol. The summed E-state index contributed by atoms with van der Waals surface area (Å²) in [6.45, 7) is 0. The first-order valence-electron chi connectivity index (χ1n) is 3.08. The van der Waals surface area contributed by atoms with E-state index in [9.17, 15) is 4.57 Å². The first-order valence-corrected chi connectivity index (χ1v) is 5.21. The van der Waals surface area contributed by atoms with E-state index in [0.717, 1.165) is 5.56 Å². The number of hydrogen-bond donors (Lipinski definition) is 0. The van der Waals surface area contributed by atoms with Crippen LogP contribution >= 0.6 is 43.3 Å². The average molecular weight is 241 g/mol. The maximum absolute atomic E-state index is 10.3. The summed E-state index contributed by atoms with van der Waals surface area (Å²) in [5.74, 6) is 0. The van der Waals surface area contributed by atoms with Crippen molar-refractivity contribution in [3.63, 3.8) is 0 Å². The van der Waals surface area contributed by atoms with E-state index in [4.69, 9.17) is 34.8 Å². The molecule has 0 unspecified atom stereocenters. The molecule has 0 fully saturated rings. The van der Waals surface area contributed by atoms with Gasteiger partial charge in [0.05, 0.1) is 21.2 Å². The molecule has 1 nitrogen and oxygen atoms in total. The minimum Gasteiger partial charge on any atom is -0.275 e. The monoisotopic (exact) mass is 240 g/mol. The Bertz CT molecular complexity index is 314. The lowest BCUT2D eigenvalue weighted by atomic mass is 10.2. The molecule has 0 bridgehead atoms. The third kappa shape index (κ3) is 2.11. The van der Waals surface area contributed by atoms with Crippen molar-refractivity contribution in [3.05, 3.63) is 32.8 Å². The van der Waals surface area contributed by atoms with E-state index in [1.165, 1.54) is 0 Å². The van der Waals surface area contributed by atoms with Crippen LogP contribution in [0.5, 0.6) is 0 Å². The standard InChI is InChI=1S/C7H4Cl3OP/c8-5-2-1-4(3-12-11)6(9)7(5)10/h1-2H,3H2. The van der Waals surface area contributed by atoms with Gasteiger partial charge in [0.25, 0.3) is 0 Å². The molecule has 0 aliphatic carbocycles. The van der Waals surface area contributed by atoms with Gasteiger partial charge in [0.15, 0.2) is 8.46 Å². The quantitative estimate of drug-likeness (QED) is 0.552. The maximum atomic E-state index is 10.3. The fourth-order valence-electron chi connectivity index (χ4n) is 0.758. The van der Waals surface area contributed by atoms with Gasteiger partial charge < -0.3 is 0 Å². The summed E-state index contributed by atoms with van der Waals surface area (Å²) in [5, 5.41) is 1.11. The molecule has 1 rings (SSSR count). The highest BCUT2D eigenvalue weighted by Gasteiger charge is 2.07. The van der Waals surface area contributed by atoms with Gasteiger partial charge in [-0.05, 0) is 11.6 Å². The third-order valence-corrected chi connectivity index (χ3v) is 3.15. The van der Waals surface area contributed by atoms with Gasteiger partial charge in [-0.2, -0.15) is 0 Å². The fourth-order valence-corrected chi connectivity index (χ4v) is 1.88. The maximum Gasteiger partial charge on any atom is 0.160 e. The van der Waals surface area contributed by atoms with Crippen molar-refractivity contribution in [1.82, 2.24) is 0 Å². The lowest BCUT2D eigenvalue weighted by molar-refractivity contribution is 0.598. The molecule has 0 heterocycles. The van der Waals surface area contributed by atoms with Crippen molar-refractivity contribution in [2.45, 2.75) is 6.16 Å². The first kappa shape index (κ1) is 10.3. The fraction of sp³-hybridized carbons (Fsp3) is 0.143. The minimum absolute atomic E-state index is 0.0179. The van der Waals surface area contributed by atoms with Gasteiger partial charge >= 0.3 is 0 Å². The lowest BCUT2D eigenvalue weighted by Crippen LogP contribution is -1.81. The smallest absolute Gasteiger partial charge is 0.160 e. The molecule has 0 atom stereocenters. The summed E-state index contributed by atoms with van der Waals surface area (Å²) in [4.78, 5) is 0. The van der Waals surface area contributed by atoms with Gasteiger partial charge in [-0.1, -0.05) is 40.9 Å². The van der Waals surface area contributed by atoms with Gasteiger partial charge in [0, 0.05) is 0 Å². The van der Waals surface area contributed by atoms with E-state index in [-0.39, 0.29) is 8.46 Å². The van der Waals surface area contributed by atoms with Crippen molar-refractivity contribution >= 4 is 43.3 Å². The first-order chi connectivity index (χ1) is 5.66. The van der Waals surface area contributed by atoms with Crippen LogP contribution in [0, 0.1) is 0 Å². The van der Waals surface area contributed by atoms with Crippen LogP contribution in [-0.2, 0) is 10.7 Å². The molecule has 0 saturated carbocycles. The molecule has 0 aliphatic rings. The van der Waals surface area contributed by atoms with Crippen molar-refractivity contribution in [1.29, 1.82) is 0 Å². The Labute approximate surface area is 86.8 Å². The Morgan fingerprint density at radius 1 is 1.17 bits per heavy atom. The van der Waals surface area contributed by atoms with Crippen LogP contribution in [0.3, 0.4) is 0 Å². The van der Waals surface area contributed by atoms with Gasteiger partial charge in [0.2, 0.25) is 0 Å². The van der Waals surface area contributed by atoms with Crippen LogP contribution in [0.15, 0.2) is 12.1 Å². The Morgan fingerprint density at radius 3 is 2.42 bits per heavy atom. The highest BCUT2D eigenvalue weighted by atomic mass is 35.5. The van der Waals surface area contributed by atoms with E-state index < -0.39 is 0 Å². The Kier molecular flexibility index (Phi) is 3.79. The Morgan fingerprint density at radius 2 is 1.83 bits per heavy atom. The minimum atomic E-state index is 0.0179. The van der Waals surface area contributed by atoms with Crippen molar-refractivity contribution in [2.75, 3.05) is 0 Å². The lowest BCUT2D eigenvalue weighted by Gasteiger charge is -2.02. The molecule has 0 spiro atoms. The normalized spacial score (nSPS) is 10.6. The molecule has 0 aromatic heterocycles. The molecular formula is C7H4Cl3OP. The van der Waals surface area contributed by atoms with E-state index in [0.29, 0.717) is 21.2 Å². The molecule has 1 aromatic rings. The summed E-state index contributed by atoms with van der Waals surface area (Å²) < 4.78 is 10.3. The molecule has 1 aromatic carbocycles. The second-order valence-corrected chi connectivity index (χ2v) is 3.86. The number of hydrogen-bond acceptors (Lipinski definition) is 1. The molecule has 12 heavy (non-hydrogen) atoms. The predicted molar refractivity (Wildman–Crippen MR) is 52.8 cm³/mol.